The van der Waals surface area contributed by atoms with Gasteiger partial charge in [-0.3, -0.25) is 4.79 Å². The maximum atomic E-state index is 11.8. The molecule has 0 amide bonds. The third kappa shape index (κ3) is 4.75. The van der Waals surface area contributed by atoms with E-state index >= 15 is 0 Å². The van der Waals surface area contributed by atoms with E-state index < -0.39 is 0 Å². The Hall–Kier alpha value is -0.370. The number of rotatable bonds is 6. The molecule has 0 N–H and O–H groups in total. The fourth-order valence-corrected chi connectivity index (χ4v) is 1.23. The van der Waals surface area contributed by atoms with Crippen LogP contribution >= 0.6 is 0 Å². The van der Waals surface area contributed by atoms with E-state index in [0.29, 0.717) is 12.5 Å². The van der Waals surface area contributed by atoms with E-state index in [1.165, 1.54) is 0 Å². The topological polar surface area (TPSA) is 26.3 Å². The van der Waals surface area contributed by atoms with Crippen LogP contribution < -0.4 is 0 Å². The first-order valence-corrected chi connectivity index (χ1v) is 5.51. The molecule has 0 aliphatic carbocycles. The third-order valence-corrected chi connectivity index (χ3v) is 2.06. The minimum absolute atomic E-state index is 0.0644. The largest absolute Gasteiger partial charge is 0.370 e. The van der Waals surface area contributed by atoms with E-state index in [9.17, 15) is 4.79 Å². The van der Waals surface area contributed by atoms with Crippen molar-refractivity contribution < 1.29 is 9.53 Å². The highest BCUT2D eigenvalue weighted by Gasteiger charge is 2.25. The van der Waals surface area contributed by atoms with Gasteiger partial charge in [-0.05, 0) is 11.8 Å². The van der Waals surface area contributed by atoms with Gasteiger partial charge in [0.1, 0.15) is 6.10 Å². The molecular weight excluding hydrogens is 176 g/mol. The molecule has 0 fully saturated rings. The molecule has 0 heterocycles. The molecule has 0 aromatic heterocycles. The predicted octanol–water partition coefficient (Wildman–Crippen LogP) is 2.91. The van der Waals surface area contributed by atoms with Crippen LogP contribution in [0.25, 0.3) is 0 Å². The Labute approximate surface area is 88.0 Å². The quantitative estimate of drug-likeness (QED) is 0.659. The van der Waals surface area contributed by atoms with E-state index in [1.807, 2.05) is 27.7 Å². The molecule has 1 atom stereocenters. The number of carbonyl (C=O) groups excluding carboxylic acids is 1. The molecular formula is C12H24O2. The predicted molar refractivity (Wildman–Crippen MR) is 59.3 cm³/mol. The molecule has 0 aromatic carbocycles. The highest BCUT2D eigenvalue weighted by molar-refractivity contribution is 5.85. The summed E-state index contributed by atoms with van der Waals surface area (Å²) < 4.78 is 5.64. The molecule has 84 valence electrons. The maximum Gasteiger partial charge on any atom is 0.164 e. The summed E-state index contributed by atoms with van der Waals surface area (Å²) in [5.41, 5.74) is 0. The molecule has 0 aliphatic heterocycles. The van der Waals surface area contributed by atoms with Crippen molar-refractivity contribution in [2.75, 3.05) is 6.61 Å². The minimum atomic E-state index is -0.225. The van der Waals surface area contributed by atoms with Crippen LogP contribution in [-0.2, 0) is 9.53 Å². The Bertz CT molecular complexity index is 171. The van der Waals surface area contributed by atoms with Gasteiger partial charge in [-0.1, -0.05) is 41.5 Å². The van der Waals surface area contributed by atoms with Gasteiger partial charge in [0, 0.05) is 12.5 Å². The molecule has 0 rings (SSSR count). The first-order chi connectivity index (χ1) is 6.36. The zero-order valence-electron chi connectivity index (χ0n) is 10.3. The van der Waals surface area contributed by atoms with Gasteiger partial charge < -0.3 is 4.74 Å². The maximum absolute atomic E-state index is 11.8. The van der Waals surface area contributed by atoms with Gasteiger partial charge in [-0.25, -0.2) is 0 Å². The van der Waals surface area contributed by atoms with E-state index in [4.69, 9.17) is 4.74 Å². The average Bonchev–Trinajstić information content (AvgIpc) is 2.02. The van der Waals surface area contributed by atoms with Crippen molar-refractivity contribution >= 4 is 5.78 Å². The Balaban J connectivity index is 4.23. The van der Waals surface area contributed by atoms with Gasteiger partial charge in [0.05, 0.1) is 0 Å². The summed E-state index contributed by atoms with van der Waals surface area (Å²) in [4.78, 5) is 11.8. The number of carbonyl (C=O) groups is 1. The summed E-state index contributed by atoms with van der Waals surface area (Å²) in [5.74, 6) is 1.04. The molecule has 0 saturated carbocycles. The number of hydrogen-bond donors (Lipinski definition) is 0. The monoisotopic (exact) mass is 200 g/mol. The lowest BCUT2D eigenvalue weighted by molar-refractivity contribution is -0.137. The second-order valence-corrected chi connectivity index (χ2v) is 4.95. The van der Waals surface area contributed by atoms with Gasteiger partial charge in [0.25, 0.3) is 0 Å². The molecule has 14 heavy (non-hydrogen) atoms. The molecule has 0 spiro atoms. The zero-order chi connectivity index (χ0) is 11.3. The number of Topliss-reactive ketones (excluding diaryl/α,β-unsaturated/α-hetero) is 1. The summed E-state index contributed by atoms with van der Waals surface area (Å²) in [7, 11) is 0. The molecule has 0 bridgehead atoms. The van der Waals surface area contributed by atoms with Crippen LogP contribution in [0.1, 0.15) is 41.5 Å². The van der Waals surface area contributed by atoms with E-state index in [2.05, 4.69) is 13.8 Å². The van der Waals surface area contributed by atoms with Crippen LogP contribution in [0.2, 0.25) is 0 Å². The van der Waals surface area contributed by atoms with Crippen LogP contribution in [0.5, 0.6) is 0 Å². The highest BCUT2D eigenvalue weighted by Crippen LogP contribution is 2.14. The van der Waals surface area contributed by atoms with Gasteiger partial charge >= 0.3 is 0 Å². The van der Waals surface area contributed by atoms with Crippen molar-refractivity contribution in [1.29, 1.82) is 0 Å². The molecule has 2 heteroatoms. The lowest BCUT2D eigenvalue weighted by Gasteiger charge is -2.23. The van der Waals surface area contributed by atoms with Crippen LogP contribution in [0, 0.1) is 17.8 Å². The van der Waals surface area contributed by atoms with Crippen molar-refractivity contribution in [1.82, 2.24) is 0 Å². The van der Waals surface area contributed by atoms with Crippen LogP contribution in [0.3, 0.4) is 0 Å². The van der Waals surface area contributed by atoms with Crippen LogP contribution in [0.15, 0.2) is 0 Å². The number of ketones is 1. The minimum Gasteiger partial charge on any atom is -0.370 e. The molecule has 0 saturated heterocycles. The van der Waals surface area contributed by atoms with Crippen molar-refractivity contribution in [3.05, 3.63) is 0 Å². The third-order valence-electron chi connectivity index (χ3n) is 2.06. The Morgan fingerprint density at radius 3 is 1.86 bits per heavy atom. The summed E-state index contributed by atoms with van der Waals surface area (Å²) >= 11 is 0. The van der Waals surface area contributed by atoms with E-state index in [1.54, 1.807) is 0 Å². The lowest BCUT2D eigenvalue weighted by Crippen LogP contribution is -2.34. The van der Waals surface area contributed by atoms with Crippen molar-refractivity contribution in [2.45, 2.75) is 47.6 Å². The second-order valence-electron chi connectivity index (χ2n) is 4.95. The van der Waals surface area contributed by atoms with Crippen LogP contribution in [0.4, 0.5) is 0 Å². The standard InChI is InChI=1S/C12H24O2/c1-8(2)7-14-12(10(5)6)11(13)9(3)4/h8-10,12H,7H2,1-6H3/t12-/m0/s1. The number of ether oxygens (including phenoxy) is 1. The summed E-state index contributed by atoms with van der Waals surface area (Å²) in [6.07, 6.45) is -0.225. The summed E-state index contributed by atoms with van der Waals surface area (Å²) in [6.45, 7) is 12.8. The van der Waals surface area contributed by atoms with Crippen molar-refractivity contribution in [3.63, 3.8) is 0 Å². The lowest BCUT2D eigenvalue weighted by atomic mass is 9.95. The van der Waals surface area contributed by atoms with Gasteiger partial charge in [-0.2, -0.15) is 0 Å². The van der Waals surface area contributed by atoms with Crippen molar-refractivity contribution in [3.8, 4) is 0 Å². The summed E-state index contributed by atoms with van der Waals surface area (Å²) in [5, 5.41) is 0. The fraction of sp³-hybridized carbons (Fsp3) is 0.917. The molecule has 0 radical (unpaired) electrons. The number of hydrogen-bond acceptors (Lipinski definition) is 2. The first kappa shape index (κ1) is 13.6. The zero-order valence-corrected chi connectivity index (χ0v) is 10.3. The van der Waals surface area contributed by atoms with Gasteiger partial charge in [0.2, 0.25) is 0 Å². The van der Waals surface area contributed by atoms with E-state index in [0.717, 1.165) is 0 Å². The Morgan fingerprint density at radius 2 is 1.57 bits per heavy atom. The van der Waals surface area contributed by atoms with Gasteiger partial charge in [-0.15, -0.1) is 0 Å². The highest BCUT2D eigenvalue weighted by atomic mass is 16.5. The SMILES string of the molecule is CC(C)CO[C@H](C(=O)C(C)C)C(C)C. The van der Waals surface area contributed by atoms with Gasteiger partial charge in [0.15, 0.2) is 5.78 Å². The van der Waals surface area contributed by atoms with Crippen LogP contribution in [-0.4, -0.2) is 18.5 Å². The molecule has 0 aromatic rings. The molecule has 0 aliphatic rings. The Morgan fingerprint density at radius 1 is 1.07 bits per heavy atom. The Kier molecular flexibility index (Phi) is 6.01. The summed E-state index contributed by atoms with van der Waals surface area (Å²) in [6, 6.07) is 0. The molecule has 2 nitrogen and oxygen atoms in total. The first-order valence-electron chi connectivity index (χ1n) is 5.51. The smallest absolute Gasteiger partial charge is 0.164 e. The normalized spacial score (nSPS) is 14.1. The molecule has 0 unspecified atom stereocenters. The fourth-order valence-electron chi connectivity index (χ4n) is 1.23. The second kappa shape index (κ2) is 6.18. The average molecular weight is 200 g/mol. The van der Waals surface area contributed by atoms with E-state index in [-0.39, 0.29) is 23.7 Å². The van der Waals surface area contributed by atoms with Crippen molar-refractivity contribution in [2.24, 2.45) is 17.8 Å².